The highest BCUT2D eigenvalue weighted by Crippen LogP contribution is 2.16. The molecule has 2 aromatic heterocycles. The smallest absolute Gasteiger partial charge is 0.180 e. The number of anilines is 1. The molecule has 0 spiro atoms. The van der Waals surface area contributed by atoms with Crippen LogP contribution in [0.4, 0.5) is 5.82 Å². The molecule has 0 radical (unpaired) electrons. The molecule has 2 aromatic rings. The van der Waals surface area contributed by atoms with Gasteiger partial charge in [0.1, 0.15) is 11.5 Å². The van der Waals surface area contributed by atoms with Crippen molar-refractivity contribution in [1.29, 1.82) is 0 Å². The van der Waals surface area contributed by atoms with Gasteiger partial charge in [0.2, 0.25) is 0 Å². The third-order valence-corrected chi connectivity index (χ3v) is 2.16. The zero-order chi connectivity index (χ0) is 10.8. The van der Waals surface area contributed by atoms with Crippen molar-refractivity contribution in [3.05, 3.63) is 24.3 Å². The van der Waals surface area contributed by atoms with Gasteiger partial charge in [-0.2, -0.15) is 0 Å². The molecule has 0 atom stereocenters. The van der Waals surface area contributed by atoms with Crippen LogP contribution in [0.3, 0.4) is 0 Å². The summed E-state index contributed by atoms with van der Waals surface area (Å²) >= 11 is 0. The van der Waals surface area contributed by atoms with E-state index in [2.05, 4.69) is 20.3 Å². The van der Waals surface area contributed by atoms with E-state index in [0.717, 1.165) is 17.2 Å². The highest BCUT2D eigenvalue weighted by molar-refractivity contribution is 5.52. The molecule has 0 aromatic carbocycles. The maximum Gasteiger partial charge on any atom is 0.180 e. The Morgan fingerprint density at radius 3 is 2.73 bits per heavy atom. The van der Waals surface area contributed by atoms with Gasteiger partial charge in [-0.05, 0) is 6.92 Å². The molecular formula is C10H13N5. The molecule has 0 amide bonds. The van der Waals surface area contributed by atoms with Crippen molar-refractivity contribution >= 4 is 5.82 Å². The number of nitrogens with one attached hydrogen (secondary N) is 1. The minimum absolute atomic E-state index is 0.694. The van der Waals surface area contributed by atoms with E-state index < -0.39 is 0 Å². The van der Waals surface area contributed by atoms with Crippen LogP contribution in [-0.2, 0) is 7.05 Å². The largest absolute Gasteiger partial charge is 0.373 e. The van der Waals surface area contributed by atoms with Crippen LogP contribution < -0.4 is 5.32 Å². The number of hydrogen-bond acceptors (Lipinski definition) is 4. The maximum atomic E-state index is 4.37. The topological polar surface area (TPSA) is 55.6 Å². The average molecular weight is 203 g/mol. The lowest BCUT2D eigenvalue weighted by Crippen LogP contribution is -2.00. The van der Waals surface area contributed by atoms with Gasteiger partial charge < -0.3 is 9.88 Å². The summed E-state index contributed by atoms with van der Waals surface area (Å²) in [5, 5.41) is 3.01. The Bertz CT molecular complexity index is 474. The van der Waals surface area contributed by atoms with Crippen LogP contribution in [0.15, 0.2) is 18.6 Å². The molecule has 0 aliphatic rings. The first-order valence-corrected chi connectivity index (χ1v) is 4.71. The molecule has 2 heterocycles. The van der Waals surface area contributed by atoms with Crippen molar-refractivity contribution in [3.63, 3.8) is 0 Å². The molecule has 0 saturated carbocycles. The van der Waals surface area contributed by atoms with Gasteiger partial charge in [0.05, 0.1) is 12.5 Å². The molecule has 0 aliphatic heterocycles. The van der Waals surface area contributed by atoms with Crippen LogP contribution in [0.2, 0.25) is 0 Å². The molecule has 0 fully saturated rings. The van der Waals surface area contributed by atoms with E-state index in [1.54, 1.807) is 12.5 Å². The summed E-state index contributed by atoms with van der Waals surface area (Å²) in [7, 11) is 3.77. The minimum Gasteiger partial charge on any atom is -0.373 e. The van der Waals surface area contributed by atoms with E-state index in [9.17, 15) is 0 Å². The summed E-state index contributed by atoms with van der Waals surface area (Å²) < 4.78 is 1.90. The van der Waals surface area contributed by atoms with Gasteiger partial charge in [0, 0.05) is 25.9 Å². The van der Waals surface area contributed by atoms with Gasteiger partial charge in [0.25, 0.3) is 0 Å². The minimum atomic E-state index is 0.694. The Hall–Kier alpha value is -1.91. The summed E-state index contributed by atoms with van der Waals surface area (Å²) in [5.41, 5.74) is 1.85. The highest BCUT2D eigenvalue weighted by Gasteiger charge is 2.07. The van der Waals surface area contributed by atoms with Gasteiger partial charge in [-0.25, -0.2) is 15.0 Å². The monoisotopic (exact) mass is 203 g/mol. The van der Waals surface area contributed by atoms with Crippen LogP contribution in [0.25, 0.3) is 11.5 Å². The Balaban J connectivity index is 2.53. The summed E-state index contributed by atoms with van der Waals surface area (Å²) in [6, 6.07) is 1.90. The van der Waals surface area contributed by atoms with Crippen molar-refractivity contribution in [1.82, 2.24) is 19.5 Å². The molecule has 2 rings (SSSR count). The predicted molar refractivity (Wildman–Crippen MR) is 58.5 cm³/mol. The average Bonchev–Trinajstić information content (AvgIpc) is 2.63. The third kappa shape index (κ3) is 1.81. The molecule has 0 bridgehead atoms. The first-order chi connectivity index (χ1) is 7.20. The van der Waals surface area contributed by atoms with Crippen LogP contribution in [-0.4, -0.2) is 26.6 Å². The van der Waals surface area contributed by atoms with Crippen molar-refractivity contribution < 1.29 is 0 Å². The lowest BCUT2D eigenvalue weighted by atomic mass is 10.3. The van der Waals surface area contributed by atoms with E-state index in [1.165, 1.54) is 0 Å². The Labute approximate surface area is 88.2 Å². The Morgan fingerprint density at radius 2 is 2.13 bits per heavy atom. The molecule has 1 N–H and O–H groups in total. The molecule has 5 heteroatoms. The van der Waals surface area contributed by atoms with E-state index >= 15 is 0 Å². The fourth-order valence-electron chi connectivity index (χ4n) is 1.38. The molecular weight excluding hydrogens is 190 g/mol. The summed E-state index contributed by atoms with van der Waals surface area (Å²) in [4.78, 5) is 12.8. The van der Waals surface area contributed by atoms with Gasteiger partial charge >= 0.3 is 0 Å². The number of aryl methyl sites for hydroxylation is 2. The van der Waals surface area contributed by atoms with Crippen molar-refractivity contribution in [2.45, 2.75) is 6.92 Å². The first-order valence-electron chi connectivity index (χ1n) is 4.71. The number of nitrogens with zero attached hydrogens (tertiary/aromatic N) is 4. The quantitative estimate of drug-likeness (QED) is 0.797. The predicted octanol–water partition coefficient (Wildman–Crippen LogP) is 1.23. The highest BCUT2D eigenvalue weighted by atomic mass is 15.1. The molecule has 0 saturated heterocycles. The lowest BCUT2D eigenvalue weighted by molar-refractivity contribution is 0.906. The number of aromatic nitrogens is 4. The number of rotatable bonds is 2. The normalized spacial score (nSPS) is 10.3. The van der Waals surface area contributed by atoms with Gasteiger partial charge in [-0.3, -0.25) is 0 Å². The van der Waals surface area contributed by atoms with Crippen molar-refractivity contribution in [3.8, 4) is 11.5 Å². The van der Waals surface area contributed by atoms with E-state index in [4.69, 9.17) is 0 Å². The van der Waals surface area contributed by atoms with Crippen LogP contribution in [0.1, 0.15) is 5.69 Å². The van der Waals surface area contributed by atoms with Crippen molar-refractivity contribution in [2.24, 2.45) is 7.05 Å². The fraction of sp³-hybridized carbons (Fsp3) is 0.300. The van der Waals surface area contributed by atoms with Crippen LogP contribution in [0, 0.1) is 6.92 Å². The Morgan fingerprint density at radius 1 is 1.33 bits per heavy atom. The maximum absolute atomic E-state index is 4.37. The molecule has 15 heavy (non-hydrogen) atoms. The summed E-state index contributed by atoms with van der Waals surface area (Å²) in [6.45, 7) is 1.95. The second-order valence-electron chi connectivity index (χ2n) is 3.36. The van der Waals surface area contributed by atoms with E-state index in [1.807, 2.05) is 31.7 Å². The van der Waals surface area contributed by atoms with Gasteiger partial charge in [0.15, 0.2) is 5.82 Å². The molecule has 5 nitrogen and oxygen atoms in total. The van der Waals surface area contributed by atoms with E-state index in [0.29, 0.717) is 5.82 Å². The Kier molecular flexibility index (Phi) is 2.37. The number of hydrogen-bond donors (Lipinski definition) is 1. The summed E-state index contributed by atoms with van der Waals surface area (Å²) in [5.74, 6) is 1.51. The van der Waals surface area contributed by atoms with Crippen LogP contribution in [0.5, 0.6) is 0 Å². The van der Waals surface area contributed by atoms with Gasteiger partial charge in [-0.1, -0.05) is 0 Å². The second kappa shape index (κ2) is 3.68. The SMILES string of the molecule is CNc1cc(C)nc(-c2cncn2C)n1. The van der Waals surface area contributed by atoms with Crippen LogP contribution >= 0.6 is 0 Å². The lowest BCUT2D eigenvalue weighted by Gasteiger charge is -2.05. The van der Waals surface area contributed by atoms with E-state index in [-0.39, 0.29) is 0 Å². The first kappa shape index (κ1) is 9.64. The molecule has 78 valence electrons. The van der Waals surface area contributed by atoms with Gasteiger partial charge in [-0.15, -0.1) is 0 Å². The fourth-order valence-corrected chi connectivity index (χ4v) is 1.38. The third-order valence-electron chi connectivity index (χ3n) is 2.16. The second-order valence-corrected chi connectivity index (χ2v) is 3.36. The number of imidazole rings is 1. The zero-order valence-corrected chi connectivity index (χ0v) is 9.02. The molecule has 0 aliphatic carbocycles. The van der Waals surface area contributed by atoms with Crippen molar-refractivity contribution in [2.75, 3.05) is 12.4 Å². The zero-order valence-electron chi connectivity index (χ0n) is 9.02. The summed E-state index contributed by atoms with van der Waals surface area (Å²) in [6.07, 6.45) is 3.49. The molecule has 0 unspecified atom stereocenters. The standard InChI is InChI=1S/C10H13N5/c1-7-4-9(11-2)14-10(13-7)8-5-12-6-15(8)3/h4-6H,1-3H3,(H,11,13,14).